The average molecular weight is 204 g/mol. The van der Waals surface area contributed by atoms with E-state index in [-0.39, 0.29) is 5.82 Å². The molecule has 1 heterocycles. The van der Waals surface area contributed by atoms with Crippen LogP contribution in [0, 0.1) is 5.95 Å². The Morgan fingerprint density at radius 1 is 1.33 bits per heavy atom. The first-order valence-electron chi connectivity index (χ1n) is 4.53. The molecule has 4 heteroatoms. The largest absolute Gasteiger partial charge is 0.337 e. The molecule has 1 N–H and O–H groups in total. The van der Waals surface area contributed by atoms with Crippen LogP contribution >= 0.6 is 0 Å². The van der Waals surface area contributed by atoms with Gasteiger partial charge in [0.25, 0.3) is 0 Å². The van der Waals surface area contributed by atoms with E-state index in [0.717, 1.165) is 5.56 Å². The number of carbonyl (C=O) groups excluding carboxylic acids is 1. The van der Waals surface area contributed by atoms with Gasteiger partial charge in [-0.15, -0.1) is 0 Å². The summed E-state index contributed by atoms with van der Waals surface area (Å²) < 4.78 is 13.2. The monoisotopic (exact) mass is 204 g/mol. The van der Waals surface area contributed by atoms with E-state index >= 15 is 0 Å². The van der Waals surface area contributed by atoms with Crippen molar-refractivity contribution in [1.29, 1.82) is 0 Å². The summed E-state index contributed by atoms with van der Waals surface area (Å²) in [6.07, 6.45) is 0.908. The maximum Gasteiger partial charge on any atom is 0.234 e. The van der Waals surface area contributed by atoms with Crippen LogP contribution in [0.1, 0.15) is 21.9 Å². The van der Waals surface area contributed by atoms with E-state index in [1.54, 1.807) is 0 Å². The van der Waals surface area contributed by atoms with Gasteiger partial charge in [-0.2, -0.15) is 9.37 Å². The van der Waals surface area contributed by atoms with Crippen molar-refractivity contribution in [3.63, 3.8) is 0 Å². The zero-order valence-corrected chi connectivity index (χ0v) is 7.90. The molecule has 0 unspecified atom stereocenters. The first-order chi connectivity index (χ1) is 7.29. The Morgan fingerprint density at radius 3 is 2.67 bits per heavy atom. The fourth-order valence-corrected chi connectivity index (χ4v) is 1.38. The highest BCUT2D eigenvalue weighted by Crippen LogP contribution is 2.10. The SMILES string of the molecule is O=Cc1nc(F)c(Cc2ccccc2)[nH]1. The topological polar surface area (TPSA) is 45.8 Å². The van der Waals surface area contributed by atoms with E-state index in [1.807, 2.05) is 30.3 Å². The highest BCUT2D eigenvalue weighted by molar-refractivity contribution is 5.68. The third kappa shape index (κ3) is 2.10. The first kappa shape index (κ1) is 9.58. The van der Waals surface area contributed by atoms with Crippen LogP contribution in [0.25, 0.3) is 0 Å². The molecular formula is C11H9FN2O. The highest BCUT2D eigenvalue weighted by Gasteiger charge is 2.09. The van der Waals surface area contributed by atoms with Crippen molar-refractivity contribution in [2.75, 3.05) is 0 Å². The molecule has 0 saturated carbocycles. The summed E-state index contributed by atoms with van der Waals surface area (Å²) >= 11 is 0. The number of hydrogen-bond acceptors (Lipinski definition) is 2. The number of nitrogens with zero attached hydrogens (tertiary/aromatic N) is 1. The molecule has 0 fully saturated rings. The number of imidazole rings is 1. The second kappa shape index (κ2) is 4.04. The molecule has 1 aromatic heterocycles. The number of hydrogen-bond donors (Lipinski definition) is 1. The van der Waals surface area contributed by atoms with Crippen molar-refractivity contribution in [1.82, 2.24) is 9.97 Å². The van der Waals surface area contributed by atoms with Crippen LogP contribution in [-0.4, -0.2) is 16.3 Å². The summed E-state index contributed by atoms with van der Waals surface area (Å²) in [5.41, 5.74) is 1.31. The van der Waals surface area contributed by atoms with Gasteiger partial charge in [0.05, 0.1) is 5.69 Å². The molecule has 2 rings (SSSR count). The number of H-pyrrole nitrogens is 1. The minimum Gasteiger partial charge on any atom is -0.337 e. The number of benzene rings is 1. The van der Waals surface area contributed by atoms with Crippen molar-refractivity contribution >= 4 is 6.29 Å². The Balaban J connectivity index is 2.24. The summed E-state index contributed by atoms with van der Waals surface area (Å²) in [5, 5.41) is 0. The number of nitrogens with one attached hydrogen (secondary N) is 1. The molecule has 1 aromatic carbocycles. The Bertz CT molecular complexity index is 465. The zero-order chi connectivity index (χ0) is 10.7. The average Bonchev–Trinajstić information content (AvgIpc) is 2.61. The lowest BCUT2D eigenvalue weighted by Crippen LogP contribution is -1.91. The minimum atomic E-state index is -0.610. The highest BCUT2D eigenvalue weighted by atomic mass is 19.1. The molecule has 0 aliphatic rings. The standard InChI is InChI=1S/C11H9FN2O/c12-11-9(13-10(7-15)14-11)6-8-4-2-1-3-5-8/h1-5,7H,6H2,(H,13,14). The predicted octanol–water partition coefficient (Wildman–Crippen LogP) is 1.95. The van der Waals surface area contributed by atoms with Crippen molar-refractivity contribution in [3.8, 4) is 0 Å². The summed E-state index contributed by atoms with van der Waals surface area (Å²) in [6, 6.07) is 9.43. The fourth-order valence-electron chi connectivity index (χ4n) is 1.38. The smallest absolute Gasteiger partial charge is 0.234 e. The van der Waals surface area contributed by atoms with Crippen molar-refractivity contribution in [2.45, 2.75) is 6.42 Å². The molecule has 0 spiro atoms. The van der Waals surface area contributed by atoms with E-state index in [9.17, 15) is 9.18 Å². The van der Waals surface area contributed by atoms with Crippen LogP contribution in [-0.2, 0) is 6.42 Å². The second-order valence-electron chi connectivity index (χ2n) is 3.17. The maximum atomic E-state index is 13.2. The Morgan fingerprint density at radius 2 is 2.07 bits per heavy atom. The molecule has 2 aromatic rings. The van der Waals surface area contributed by atoms with Crippen LogP contribution in [0.2, 0.25) is 0 Å². The van der Waals surface area contributed by atoms with Crippen molar-refractivity contribution in [2.24, 2.45) is 0 Å². The predicted molar refractivity (Wildman–Crippen MR) is 53.2 cm³/mol. The Kier molecular flexibility index (Phi) is 2.58. The van der Waals surface area contributed by atoms with E-state index < -0.39 is 5.95 Å². The van der Waals surface area contributed by atoms with Crippen LogP contribution in [0.4, 0.5) is 4.39 Å². The number of aldehydes is 1. The number of aromatic nitrogens is 2. The number of rotatable bonds is 3. The normalized spacial score (nSPS) is 10.2. The van der Waals surface area contributed by atoms with Gasteiger partial charge in [-0.3, -0.25) is 4.79 Å². The number of carbonyl (C=O) groups is 1. The third-order valence-corrected chi connectivity index (χ3v) is 2.08. The van der Waals surface area contributed by atoms with Gasteiger partial charge in [0.15, 0.2) is 12.1 Å². The van der Waals surface area contributed by atoms with Crippen LogP contribution in [0.15, 0.2) is 30.3 Å². The molecule has 0 amide bonds. The van der Waals surface area contributed by atoms with Gasteiger partial charge >= 0.3 is 0 Å². The number of halogens is 1. The van der Waals surface area contributed by atoms with Crippen LogP contribution in [0.3, 0.4) is 0 Å². The first-order valence-corrected chi connectivity index (χ1v) is 4.53. The van der Waals surface area contributed by atoms with Gasteiger partial charge < -0.3 is 4.98 Å². The van der Waals surface area contributed by atoms with Gasteiger partial charge in [0.1, 0.15) is 0 Å². The van der Waals surface area contributed by atoms with Gasteiger partial charge in [-0.1, -0.05) is 30.3 Å². The fraction of sp³-hybridized carbons (Fsp3) is 0.0909. The van der Waals surface area contributed by atoms with E-state index in [4.69, 9.17) is 0 Å². The summed E-state index contributed by atoms with van der Waals surface area (Å²) in [6.45, 7) is 0. The molecule has 0 aliphatic heterocycles. The molecule has 0 radical (unpaired) electrons. The van der Waals surface area contributed by atoms with Gasteiger partial charge in [0, 0.05) is 6.42 Å². The molecular weight excluding hydrogens is 195 g/mol. The Hall–Kier alpha value is -1.97. The lowest BCUT2D eigenvalue weighted by atomic mass is 10.1. The van der Waals surface area contributed by atoms with Crippen LogP contribution in [0.5, 0.6) is 0 Å². The Labute approximate surface area is 86.0 Å². The van der Waals surface area contributed by atoms with Crippen LogP contribution < -0.4 is 0 Å². The molecule has 0 aliphatic carbocycles. The van der Waals surface area contributed by atoms with Gasteiger partial charge in [0.2, 0.25) is 5.95 Å². The van der Waals surface area contributed by atoms with E-state index in [1.165, 1.54) is 0 Å². The lowest BCUT2D eigenvalue weighted by Gasteiger charge is -1.97. The zero-order valence-electron chi connectivity index (χ0n) is 7.90. The second-order valence-corrected chi connectivity index (χ2v) is 3.17. The van der Waals surface area contributed by atoms with Crippen molar-refractivity contribution < 1.29 is 9.18 Å². The third-order valence-electron chi connectivity index (χ3n) is 2.08. The van der Waals surface area contributed by atoms with E-state index in [2.05, 4.69) is 9.97 Å². The molecule has 76 valence electrons. The quantitative estimate of drug-likeness (QED) is 0.777. The lowest BCUT2D eigenvalue weighted by molar-refractivity contribution is 0.111. The van der Waals surface area contributed by atoms with E-state index in [0.29, 0.717) is 18.4 Å². The van der Waals surface area contributed by atoms with Gasteiger partial charge in [-0.25, -0.2) is 0 Å². The molecule has 15 heavy (non-hydrogen) atoms. The summed E-state index contributed by atoms with van der Waals surface area (Å²) in [5.74, 6) is -0.584. The van der Waals surface area contributed by atoms with Crippen molar-refractivity contribution in [3.05, 3.63) is 53.4 Å². The molecule has 0 bridgehead atoms. The summed E-state index contributed by atoms with van der Waals surface area (Å²) in [7, 11) is 0. The number of aromatic amines is 1. The molecule has 0 atom stereocenters. The maximum absolute atomic E-state index is 13.2. The minimum absolute atomic E-state index is 0.0263. The molecule has 3 nitrogen and oxygen atoms in total. The summed E-state index contributed by atoms with van der Waals surface area (Å²) in [4.78, 5) is 16.4. The van der Waals surface area contributed by atoms with Gasteiger partial charge in [-0.05, 0) is 5.56 Å². The molecule has 0 saturated heterocycles.